The Kier molecular flexibility index (Phi) is 3.47. The van der Waals surface area contributed by atoms with Gasteiger partial charge in [-0.1, -0.05) is 0 Å². The molecule has 7 heteroatoms. The van der Waals surface area contributed by atoms with Crippen molar-refractivity contribution in [3.63, 3.8) is 0 Å². The number of carboxylic acid groups (broad SMARTS) is 1. The SMILES string of the molecule is O=C(NC1(C(=O)O)CCC1)c1csc(C2CCCO2)n1. The first-order chi connectivity index (χ1) is 9.61. The van der Waals surface area contributed by atoms with Crippen molar-refractivity contribution < 1.29 is 19.4 Å². The first-order valence-electron chi connectivity index (χ1n) is 6.74. The van der Waals surface area contributed by atoms with Crippen molar-refractivity contribution in [1.29, 1.82) is 0 Å². The fourth-order valence-corrected chi connectivity index (χ4v) is 3.40. The summed E-state index contributed by atoms with van der Waals surface area (Å²) >= 11 is 1.39. The van der Waals surface area contributed by atoms with Gasteiger partial charge in [-0.15, -0.1) is 11.3 Å². The lowest BCUT2D eigenvalue weighted by molar-refractivity contribution is -0.148. The number of rotatable bonds is 4. The molecule has 20 heavy (non-hydrogen) atoms. The van der Waals surface area contributed by atoms with Crippen LogP contribution in [0.4, 0.5) is 0 Å². The minimum Gasteiger partial charge on any atom is -0.480 e. The number of amides is 1. The summed E-state index contributed by atoms with van der Waals surface area (Å²) in [7, 11) is 0. The molecule has 1 aromatic rings. The Morgan fingerprint density at radius 2 is 2.25 bits per heavy atom. The van der Waals surface area contributed by atoms with E-state index >= 15 is 0 Å². The molecular formula is C13H16N2O4S. The number of hydrogen-bond acceptors (Lipinski definition) is 5. The van der Waals surface area contributed by atoms with E-state index in [0.717, 1.165) is 30.9 Å². The minimum atomic E-state index is -1.09. The molecular weight excluding hydrogens is 280 g/mol. The molecule has 0 aromatic carbocycles. The topological polar surface area (TPSA) is 88.5 Å². The number of carbonyl (C=O) groups is 2. The van der Waals surface area contributed by atoms with Crippen LogP contribution in [0.5, 0.6) is 0 Å². The van der Waals surface area contributed by atoms with Crippen molar-refractivity contribution in [2.45, 2.75) is 43.7 Å². The van der Waals surface area contributed by atoms with Gasteiger partial charge in [0.1, 0.15) is 22.3 Å². The summed E-state index contributed by atoms with van der Waals surface area (Å²) in [6.07, 6.45) is 3.71. The van der Waals surface area contributed by atoms with Gasteiger partial charge in [0, 0.05) is 12.0 Å². The second kappa shape index (κ2) is 5.14. The van der Waals surface area contributed by atoms with Gasteiger partial charge in [-0.25, -0.2) is 9.78 Å². The maximum atomic E-state index is 12.1. The van der Waals surface area contributed by atoms with E-state index in [9.17, 15) is 14.7 Å². The zero-order valence-corrected chi connectivity index (χ0v) is 11.7. The number of nitrogens with zero attached hydrogens (tertiary/aromatic N) is 1. The summed E-state index contributed by atoms with van der Waals surface area (Å²) in [4.78, 5) is 27.6. The highest BCUT2D eigenvalue weighted by molar-refractivity contribution is 7.09. The lowest BCUT2D eigenvalue weighted by atomic mass is 9.76. The molecule has 1 saturated heterocycles. The van der Waals surface area contributed by atoms with Gasteiger partial charge in [0.2, 0.25) is 0 Å². The molecule has 2 fully saturated rings. The van der Waals surface area contributed by atoms with Gasteiger partial charge in [0.05, 0.1) is 0 Å². The second-order valence-electron chi connectivity index (χ2n) is 5.27. The average molecular weight is 296 g/mol. The third-order valence-corrected chi connectivity index (χ3v) is 4.87. The molecule has 0 bridgehead atoms. The molecule has 108 valence electrons. The molecule has 1 saturated carbocycles. The van der Waals surface area contributed by atoms with E-state index in [1.54, 1.807) is 5.38 Å². The highest BCUT2D eigenvalue weighted by atomic mass is 32.1. The summed E-state index contributed by atoms with van der Waals surface area (Å²) in [5.74, 6) is -1.38. The zero-order chi connectivity index (χ0) is 14.2. The molecule has 0 spiro atoms. The maximum Gasteiger partial charge on any atom is 0.329 e. The molecule has 6 nitrogen and oxygen atoms in total. The molecule has 1 aromatic heterocycles. The highest BCUT2D eigenvalue weighted by Gasteiger charge is 2.46. The van der Waals surface area contributed by atoms with E-state index in [-0.39, 0.29) is 11.8 Å². The third-order valence-electron chi connectivity index (χ3n) is 3.93. The number of carboxylic acids is 1. The van der Waals surface area contributed by atoms with Crippen molar-refractivity contribution >= 4 is 23.2 Å². The van der Waals surface area contributed by atoms with Crippen molar-refractivity contribution in [1.82, 2.24) is 10.3 Å². The van der Waals surface area contributed by atoms with E-state index in [2.05, 4.69) is 10.3 Å². The van der Waals surface area contributed by atoms with Crippen LogP contribution in [-0.4, -0.2) is 34.1 Å². The fourth-order valence-electron chi connectivity index (χ4n) is 2.52. The van der Waals surface area contributed by atoms with Gasteiger partial charge in [-0.2, -0.15) is 0 Å². The summed E-state index contributed by atoms with van der Waals surface area (Å²) < 4.78 is 5.53. The molecule has 1 aliphatic heterocycles. The van der Waals surface area contributed by atoms with Crippen LogP contribution in [0.25, 0.3) is 0 Å². The number of aliphatic carboxylic acids is 1. The number of carbonyl (C=O) groups excluding carboxylic acids is 1. The fraction of sp³-hybridized carbons (Fsp3) is 0.615. The van der Waals surface area contributed by atoms with Crippen molar-refractivity contribution in [2.75, 3.05) is 6.61 Å². The Morgan fingerprint density at radius 1 is 1.45 bits per heavy atom. The van der Waals surface area contributed by atoms with Gasteiger partial charge in [0.25, 0.3) is 5.91 Å². The van der Waals surface area contributed by atoms with Crippen molar-refractivity contribution in [2.24, 2.45) is 0 Å². The lowest BCUT2D eigenvalue weighted by Crippen LogP contribution is -2.59. The van der Waals surface area contributed by atoms with Gasteiger partial charge in [0.15, 0.2) is 0 Å². The number of nitrogens with one attached hydrogen (secondary N) is 1. The van der Waals surface area contributed by atoms with Gasteiger partial charge in [-0.05, 0) is 32.1 Å². The molecule has 1 unspecified atom stereocenters. The number of hydrogen-bond donors (Lipinski definition) is 2. The minimum absolute atomic E-state index is 0.0151. The Balaban J connectivity index is 1.69. The van der Waals surface area contributed by atoms with E-state index in [4.69, 9.17) is 4.74 Å². The predicted octanol–water partition coefficient (Wildman–Crippen LogP) is 1.73. The first kappa shape index (κ1) is 13.5. The van der Waals surface area contributed by atoms with Gasteiger partial charge < -0.3 is 15.2 Å². The van der Waals surface area contributed by atoms with E-state index in [0.29, 0.717) is 12.8 Å². The van der Waals surface area contributed by atoms with E-state index in [1.807, 2.05) is 0 Å². The Hall–Kier alpha value is -1.47. The Bertz CT molecular complexity index is 532. The van der Waals surface area contributed by atoms with Crippen LogP contribution in [0.15, 0.2) is 5.38 Å². The third kappa shape index (κ3) is 2.31. The second-order valence-corrected chi connectivity index (χ2v) is 6.16. The van der Waals surface area contributed by atoms with Crippen LogP contribution in [0, 0.1) is 0 Å². The molecule has 3 rings (SSSR count). The van der Waals surface area contributed by atoms with E-state index < -0.39 is 17.4 Å². The lowest BCUT2D eigenvalue weighted by Gasteiger charge is -2.37. The molecule has 2 aliphatic rings. The molecule has 1 amide bonds. The molecule has 0 radical (unpaired) electrons. The maximum absolute atomic E-state index is 12.1. The Labute approximate surface area is 120 Å². The quantitative estimate of drug-likeness (QED) is 0.883. The number of ether oxygens (including phenoxy) is 1. The van der Waals surface area contributed by atoms with Crippen LogP contribution >= 0.6 is 11.3 Å². The number of thiazole rings is 1. The summed E-state index contributed by atoms with van der Waals surface area (Å²) in [6.45, 7) is 0.730. The van der Waals surface area contributed by atoms with Crippen molar-refractivity contribution in [3.05, 3.63) is 16.1 Å². The molecule has 1 atom stereocenters. The normalized spacial score (nSPS) is 24.1. The van der Waals surface area contributed by atoms with Crippen LogP contribution < -0.4 is 5.32 Å². The average Bonchev–Trinajstić information content (AvgIpc) is 3.01. The van der Waals surface area contributed by atoms with Crippen LogP contribution in [0.2, 0.25) is 0 Å². The van der Waals surface area contributed by atoms with E-state index in [1.165, 1.54) is 11.3 Å². The monoisotopic (exact) mass is 296 g/mol. The Morgan fingerprint density at radius 3 is 2.80 bits per heavy atom. The van der Waals surface area contributed by atoms with Crippen LogP contribution in [0.1, 0.15) is 53.7 Å². The zero-order valence-electron chi connectivity index (χ0n) is 10.9. The number of aromatic nitrogens is 1. The summed E-state index contributed by atoms with van der Waals surface area (Å²) in [5.41, 5.74) is -0.807. The van der Waals surface area contributed by atoms with Crippen LogP contribution in [0.3, 0.4) is 0 Å². The van der Waals surface area contributed by atoms with Crippen LogP contribution in [-0.2, 0) is 9.53 Å². The smallest absolute Gasteiger partial charge is 0.329 e. The first-order valence-corrected chi connectivity index (χ1v) is 7.62. The largest absolute Gasteiger partial charge is 0.480 e. The van der Waals surface area contributed by atoms with Crippen molar-refractivity contribution in [3.8, 4) is 0 Å². The van der Waals surface area contributed by atoms with Gasteiger partial charge >= 0.3 is 5.97 Å². The summed E-state index contributed by atoms with van der Waals surface area (Å²) in [5, 5.41) is 14.3. The summed E-state index contributed by atoms with van der Waals surface area (Å²) in [6, 6.07) is 0. The molecule has 2 heterocycles. The van der Waals surface area contributed by atoms with Gasteiger partial charge in [-0.3, -0.25) is 4.79 Å². The standard InChI is InChI=1S/C13H16N2O4S/c16-10(15-13(12(17)18)4-2-5-13)8-7-20-11(14-8)9-3-1-6-19-9/h7,9H,1-6H2,(H,15,16)(H,17,18). The highest BCUT2D eigenvalue weighted by Crippen LogP contribution is 2.33. The predicted molar refractivity (Wildman–Crippen MR) is 71.7 cm³/mol. The molecule has 2 N–H and O–H groups in total. The molecule has 1 aliphatic carbocycles.